The van der Waals surface area contributed by atoms with Crippen LogP contribution in [0.3, 0.4) is 0 Å². The zero-order valence-electron chi connectivity index (χ0n) is 20.2. The Balaban J connectivity index is 1.47. The SMILES string of the molecule is COc1cc(-c2cn(C3CCCC3)c3ncnc(N)c23)ccc1NS(=O)(=O)c1ccc(OC(F)(F)F)cc1. The van der Waals surface area contributed by atoms with E-state index in [4.69, 9.17) is 10.5 Å². The van der Waals surface area contributed by atoms with Crippen LogP contribution in [-0.2, 0) is 10.0 Å². The molecule has 1 fully saturated rings. The number of anilines is 2. The maximum absolute atomic E-state index is 12.9. The molecule has 4 aromatic rings. The van der Waals surface area contributed by atoms with Gasteiger partial charge in [-0.15, -0.1) is 13.2 Å². The third-order valence-electron chi connectivity index (χ3n) is 6.48. The lowest BCUT2D eigenvalue weighted by atomic mass is 10.1. The number of fused-ring (bicyclic) bond motifs is 1. The Kier molecular flexibility index (Phi) is 6.55. The molecule has 0 aliphatic heterocycles. The van der Waals surface area contributed by atoms with E-state index in [2.05, 4.69) is 24.0 Å². The molecule has 38 heavy (non-hydrogen) atoms. The molecule has 2 heterocycles. The smallest absolute Gasteiger partial charge is 0.495 e. The van der Waals surface area contributed by atoms with Crippen LogP contribution in [0, 0.1) is 0 Å². The number of ether oxygens (including phenoxy) is 2. The zero-order chi connectivity index (χ0) is 27.1. The number of sulfonamides is 1. The Bertz CT molecular complexity index is 1580. The van der Waals surface area contributed by atoms with Crippen molar-refractivity contribution in [2.75, 3.05) is 17.6 Å². The van der Waals surface area contributed by atoms with Gasteiger partial charge in [-0.05, 0) is 54.8 Å². The summed E-state index contributed by atoms with van der Waals surface area (Å²) < 4.78 is 76.9. The largest absolute Gasteiger partial charge is 0.573 e. The Morgan fingerprint density at radius 1 is 1.08 bits per heavy atom. The molecule has 2 aromatic heterocycles. The Morgan fingerprint density at radius 2 is 1.79 bits per heavy atom. The van der Waals surface area contributed by atoms with Gasteiger partial charge in [0.1, 0.15) is 29.3 Å². The lowest BCUT2D eigenvalue weighted by Crippen LogP contribution is -2.17. The number of rotatable bonds is 7. The van der Waals surface area contributed by atoms with Crippen LogP contribution in [0.15, 0.2) is 59.9 Å². The van der Waals surface area contributed by atoms with E-state index in [1.807, 2.05) is 6.20 Å². The molecular weight excluding hydrogens is 523 g/mol. The number of alkyl halides is 3. The van der Waals surface area contributed by atoms with Crippen molar-refractivity contribution < 1.29 is 31.1 Å². The summed E-state index contributed by atoms with van der Waals surface area (Å²) in [4.78, 5) is 8.39. The topological polar surface area (TPSA) is 121 Å². The molecule has 0 saturated heterocycles. The van der Waals surface area contributed by atoms with E-state index in [9.17, 15) is 21.6 Å². The molecule has 5 rings (SSSR count). The first-order valence-electron chi connectivity index (χ1n) is 11.7. The molecule has 0 radical (unpaired) electrons. The number of hydrogen-bond donors (Lipinski definition) is 2. The fraction of sp³-hybridized carbons (Fsp3) is 0.280. The summed E-state index contributed by atoms with van der Waals surface area (Å²) in [6.45, 7) is 0. The van der Waals surface area contributed by atoms with Gasteiger partial charge in [0.25, 0.3) is 10.0 Å². The molecule has 2 aromatic carbocycles. The summed E-state index contributed by atoms with van der Waals surface area (Å²) in [6.07, 6.45) is 2.92. The Labute approximate surface area is 216 Å². The maximum atomic E-state index is 12.9. The summed E-state index contributed by atoms with van der Waals surface area (Å²) in [5, 5.41) is 0.705. The van der Waals surface area contributed by atoms with Crippen LogP contribution in [-0.4, -0.2) is 36.4 Å². The lowest BCUT2D eigenvalue weighted by Gasteiger charge is -2.14. The van der Waals surface area contributed by atoms with Gasteiger partial charge in [-0.2, -0.15) is 0 Å². The molecule has 0 atom stereocenters. The molecule has 0 bridgehead atoms. The average Bonchev–Trinajstić information content (AvgIpc) is 3.52. The van der Waals surface area contributed by atoms with Crippen molar-refractivity contribution in [1.82, 2.24) is 14.5 Å². The maximum Gasteiger partial charge on any atom is 0.573 e. The predicted octanol–water partition coefficient (Wildman–Crippen LogP) is 5.50. The van der Waals surface area contributed by atoms with Crippen molar-refractivity contribution in [3.63, 3.8) is 0 Å². The van der Waals surface area contributed by atoms with Crippen LogP contribution in [0.4, 0.5) is 24.7 Å². The second-order valence-electron chi connectivity index (χ2n) is 8.89. The van der Waals surface area contributed by atoms with Crippen molar-refractivity contribution in [2.24, 2.45) is 0 Å². The number of nitrogens with two attached hydrogens (primary N) is 1. The van der Waals surface area contributed by atoms with E-state index >= 15 is 0 Å². The van der Waals surface area contributed by atoms with Gasteiger partial charge in [-0.25, -0.2) is 18.4 Å². The zero-order valence-corrected chi connectivity index (χ0v) is 21.0. The number of methoxy groups -OCH3 is 1. The third kappa shape index (κ3) is 5.05. The van der Waals surface area contributed by atoms with Gasteiger partial charge in [0.15, 0.2) is 0 Å². The summed E-state index contributed by atoms with van der Waals surface area (Å²) in [6, 6.07) is 9.14. The molecule has 1 saturated carbocycles. The highest BCUT2D eigenvalue weighted by Gasteiger charge is 2.31. The minimum atomic E-state index is -4.88. The lowest BCUT2D eigenvalue weighted by molar-refractivity contribution is -0.274. The van der Waals surface area contributed by atoms with E-state index in [-0.39, 0.29) is 16.3 Å². The molecular formula is C25H24F3N5O4S. The number of benzene rings is 2. The van der Waals surface area contributed by atoms with Crippen LogP contribution in [0.5, 0.6) is 11.5 Å². The molecule has 0 unspecified atom stereocenters. The molecule has 0 amide bonds. The highest BCUT2D eigenvalue weighted by Crippen LogP contribution is 2.40. The first-order chi connectivity index (χ1) is 18.1. The van der Waals surface area contributed by atoms with E-state index < -0.39 is 22.1 Å². The van der Waals surface area contributed by atoms with Crippen molar-refractivity contribution in [2.45, 2.75) is 43.0 Å². The fourth-order valence-electron chi connectivity index (χ4n) is 4.76. The third-order valence-corrected chi connectivity index (χ3v) is 7.86. The van der Waals surface area contributed by atoms with Crippen molar-refractivity contribution in [3.8, 4) is 22.6 Å². The van der Waals surface area contributed by atoms with Gasteiger partial charge in [0, 0.05) is 17.8 Å². The summed E-state index contributed by atoms with van der Waals surface area (Å²) >= 11 is 0. The summed E-state index contributed by atoms with van der Waals surface area (Å²) in [5.74, 6) is 0.0436. The highest BCUT2D eigenvalue weighted by atomic mass is 32.2. The van der Waals surface area contributed by atoms with E-state index in [0.717, 1.165) is 66.7 Å². The molecule has 1 aliphatic carbocycles. The van der Waals surface area contributed by atoms with Crippen LogP contribution in [0.25, 0.3) is 22.2 Å². The summed E-state index contributed by atoms with van der Waals surface area (Å²) in [7, 11) is -2.74. The standard InChI is InChI=1S/C25H24F3N5O4S/c1-36-21-12-15(19-13-33(16-4-2-3-5-16)24-22(19)23(29)30-14-31-24)6-11-20(21)32-38(34,35)18-9-7-17(8-10-18)37-25(26,27)28/h6-14,16,32H,2-5H2,1H3,(H2,29,30,31). The quantitative estimate of drug-likeness (QED) is 0.313. The number of nitrogens with zero attached hydrogens (tertiary/aromatic N) is 3. The highest BCUT2D eigenvalue weighted by molar-refractivity contribution is 7.92. The average molecular weight is 548 g/mol. The monoisotopic (exact) mass is 547 g/mol. The van der Waals surface area contributed by atoms with Crippen LogP contribution in [0.1, 0.15) is 31.7 Å². The summed E-state index contributed by atoms with van der Waals surface area (Å²) in [5.41, 5.74) is 8.64. The molecule has 13 heteroatoms. The number of nitrogens with one attached hydrogen (secondary N) is 1. The van der Waals surface area contributed by atoms with E-state index in [1.165, 1.54) is 13.4 Å². The minimum absolute atomic E-state index is 0.149. The van der Waals surface area contributed by atoms with Crippen LogP contribution < -0.4 is 19.9 Å². The Hall–Kier alpha value is -4.00. The molecule has 9 nitrogen and oxygen atoms in total. The second kappa shape index (κ2) is 9.71. The predicted molar refractivity (Wildman–Crippen MR) is 135 cm³/mol. The minimum Gasteiger partial charge on any atom is -0.495 e. The number of nitrogen functional groups attached to an aromatic ring is 1. The van der Waals surface area contributed by atoms with Crippen molar-refractivity contribution in [1.29, 1.82) is 0 Å². The molecule has 1 aliphatic rings. The molecule has 0 spiro atoms. The van der Waals surface area contributed by atoms with Gasteiger partial charge in [-0.3, -0.25) is 4.72 Å². The van der Waals surface area contributed by atoms with Crippen LogP contribution in [0.2, 0.25) is 0 Å². The van der Waals surface area contributed by atoms with Gasteiger partial charge in [0.05, 0.1) is 23.1 Å². The van der Waals surface area contributed by atoms with E-state index in [0.29, 0.717) is 17.2 Å². The van der Waals surface area contributed by atoms with Gasteiger partial charge >= 0.3 is 6.36 Å². The Morgan fingerprint density at radius 3 is 2.45 bits per heavy atom. The van der Waals surface area contributed by atoms with Gasteiger partial charge < -0.3 is 19.8 Å². The first-order valence-corrected chi connectivity index (χ1v) is 13.2. The van der Waals surface area contributed by atoms with Gasteiger partial charge in [0.2, 0.25) is 0 Å². The second-order valence-corrected chi connectivity index (χ2v) is 10.6. The number of hydrogen-bond acceptors (Lipinski definition) is 7. The van der Waals surface area contributed by atoms with Gasteiger partial charge in [-0.1, -0.05) is 18.9 Å². The first kappa shape index (κ1) is 25.6. The molecule has 3 N–H and O–H groups in total. The van der Waals surface area contributed by atoms with Crippen LogP contribution >= 0.6 is 0 Å². The molecule has 200 valence electrons. The van der Waals surface area contributed by atoms with Crippen molar-refractivity contribution >= 4 is 32.6 Å². The van der Waals surface area contributed by atoms with E-state index in [1.54, 1.807) is 18.2 Å². The number of halogens is 3. The van der Waals surface area contributed by atoms with Crippen molar-refractivity contribution in [3.05, 3.63) is 55.0 Å². The fourth-order valence-corrected chi connectivity index (χ4v) is 5.83. The number of aromatic nitrogens is 3. The normalized spacial score (nSPS) is 14.6.